The Bertz CT molecular complexity index is 606. The van der Waals surface area contributed by atoms with Crippen molar-refractivity contribution in [3.63, 3.8) is 0 Å². The molecule has 0 atom stereocenters. The number of nitrogens with zero attached hydrogens (tertiary/aromatic N) is 2. The minimum Gasteiger partial charge on any atom is -0.465 e. The molecule has 0 unspecified atom stereocenters. The standard InChI is InChI=1S/C12H15ClN2O2S/c1-3-5-15-11(16)8-7-18-10(13)9(8)14-12(15)17-6-4-2/h7H,3-6H2,1-2H3. The van der Waals surface area contributed by atoms with Gasteiger partial charge in [-0.15, -0.1) is 11.3 Å². The van der Waals surface area contributed by atoms with Crippen molar-refractivity contribution < 1.29 is 4.74 Å². The van der Waals surface area contributed by atoms with Crippen LogP contribution in [0.2, 0.25) is 4.34 Å². The first-order chi connectivity index (χ1) is 8.69. The van der Waals surface area contributed by atoms with Gasteiger partial charge in [0.15, 0.2) is 0 Å². The van der Waals surface area contributed by atoms with Crippen molar-refractivity contribution in [2.75, 3.05) is 6.61 Å². The van der Waals surface area contributed by atoms with E-state index in [0.717, 1.165) is 12.8 Å². The molecule has 0 saturated heterocycles. The van der Waals surface area contributed by atoms with Gasteiger partial charge in [-0.05, 0) is 12.8 Å². The second-order valence-corrected chi connectivity index (χ2v) is 5.45. The van der Waals surface area contributed by atoms with Gasteiger partial charge in [0.2, 0.25) is 0 Å². The summed E-state index contributed by atoms with van der Waals surface area (Å²) < 4.78 is 7.67. The molecule has 0 saturated carbocycles. The molecule has 0 N–H and O–H groups in total. The lowest BCUT2D eigenvalue weighted by Crippen LogP contribution is -2.23. The smallest absolute Gasteiger partial charge is 0.299 e. The maximum atomic E-state index is 12.3. The summed E-state index contributed by atoms with van der Waals surface area (Å²) in [6, 6.07) is 0.372. The van der Waals surface area contributed by atoms with Gasteiger partial charge in [-0.25, -0.2) is 0 Å². The van der Waals surface area contributed by atoms with Crippen molar-refractivity contribution >= 4 is 33.8 Å². The van der Waals surface area contributed by atoms with E-state index in [9.17, 15) is 4.79 Å². The summed E-state index contributed by atoms with van der Waals surface area (Å²) in [5.41, 5.74) is 0.473. The molecule has 2 heterocycles. The maximum Gasteiger partial charge on any atom is 0.299 e. The molecule has 2 aromatic heterocycles. The molecule has 0 fully saturated rings. The van der Waals surface area contributed by atoms with Crippen LogP contribution in [0.15, 0.2) is 10.2 Å². The third-order valence-corrected chi connectivity index (χ3v) is 3.72. The summed E-state index contributed by atoms with van der Waals surface area (Å²) >= 11 is 7.36. The summed E-state index contributed by atoms with van der Waals surface area (Å²) in [4.78, 5) is 16.7. The molecular weight excluding hydrogens is 272 g/mol. The van der Waals surface area contributed by atoms with E-state index < -0.39 is 0 Å². The van der Waals surface area contributed by atoms with E-state index in [0.29, 0.717) is 34.4 Å². The Balaban J connectivity index is 2.60. The van der Waals surface area contributed by atoms with Crippen LogP contribution in [0, 0.1) is 0 Å². The van der Waals surface area contributed by atoms with E-state index in [1.807, 2.05) is 13.8 Å². The lowest BCUT2D eigenvalue weighted by molar-refractivity contribution is 0.272. The largest absolute Gasteiger partial charge is 0.465 e. The number of rotatable bonds is 5. The highest BCUT2D eigenvalue weighted by Gasteiger charge is 2.14. The molecule has 0 bridgehead atoms. The Hall–Kier alpha value is -1.07. The minimum atomic E-state index is -0.0731. The summed E-state index contributed by atoms with van der Waals surface area (Å²) in [6.07, 6.45) is 1.73. The van der Waals surface area contributed by atoms with Crippen molar-refractivity contribution in [3.8, 4) is 6.01 Å². The fourth-order valence-corrected chi connectivity index (χ4v) is 2.68. The first kappa shape index (κ1) is 13.4. The highest BCUT2D eigenvalue weighted by molar-refractivity contribution is 7.16. The number of halogens is 1. The first-order valence-electron chi connectivity index (χ1n) is 5.99. The van der Waals surface area contributed by atoms with Gasteiger partial charge >= 0.3 is 0 Å². The van der Waals surface area contributed by atoms with Gasteiger partial charge in [0.25, 0.3) is 11.6 Å². The fourth-order valence-electron chi connectivity index (χ4n) is 1.70. The Morgan fingerprint density at radius 1 is 1.44 bits per heavy atom. The molecule has 18 heavy (non-hydrogen) atoms. The minimum absolute atomic E-state index is 0.0731. The van der Waals surface area contributed by atoms with Crippen LogP contribution in [0.3, 0.4) is 0 Å². The molecular formula is C12H15ClN2O2S. The topological polar surface area (TPSA) is 44.1 Å². The summed E-state index contributed by atoms with van der Waals surface area (Å²) in [7, 11) is 0. The molecule has 4 nitrogen and oxygen atoms in total. The zero-order chi connectivity index (χ0) is 13.1. The van der Waals surface area contributed by atoms with E-state index in [1.165, 1.54) is 11.3 Å². The predicted molar refractivity (Wildman–Crippen MR) is 75.0 cm³/mol. The molecule has 2 rings (SSSR count). The SMILES string of the molecule is CCCOc1nc2c(Cl)scc2c(=O)n1CCC. The highest BCUT2D eigenvalue weighted by atomic mass is 35.5. The molecule has 6 heteroatoms. The zero-order valence-electron chi connectivity index (χ0n) is 10.4. The van der Waals surface area contributed by atoms with Crippen molar-refractivity contribution in [1.82, 2.24) is 9.55 Å². The number of thiophene rings is 1. The number of hydrogen-bond acceptors (Lipinski definition) is 4. The van der Waals surface area contributed by atoms with E-state index in [4.69, 9.17) is 16.3 Å². The van der Waals surface area contributed by atoms with Crippen LogP contribution in [0.1, 0.15) is 26.7 Å². The molecule has 0 aliphatic heterocycles. The lowest BCUT2D eigenvalue weighted by Gasteiger charge is -2.11. The van der Waals surface area contributed by atoms with E-state index >= 15 is 0 Å². The van der Waals surface area contributed by atoms with Crippen molar-refractivity contribution in [2.45, 2.75) is 33.2 Å². The van der Waals surface area contributed by atoms with Gasteiger partial charge in [0, 0.05) is 11.9 Å². The Morgan fingerprint density at radius 3 is 2.89 bits per heavy atom. The third-order valence-electron chi connectivity index (χ3n) is 2.52. The average Bonchev–Trinajstić information content (AvgIpc) is 2.73. The van der Waals surface area contributed by atoms with Crippen LogP contribution in [0.25, 0.3) is 10.9 Å². The Morgan fingerprint density at radius 2 is 2.22 bits per heavy atom. The Kier molecular flexibility index (Phi) is 4.24. The van der Waals surface area contributed by atoms with Crippen LogP contribution in [0.4, 0.5) is 0 Å². The Labute approximate surface area is 114 Å². The number of fused-ring (bicyclic) bond motifs is 1. The number of ether oxygens (including phenoxy) is 1. The van der Waals surface area contributed by atoms with Crippen molar-refractivity contribution in [2.24, 2.45) is 0 Å². The average molecular weight is 287 g/mol. The summed E-state index contributed by atoms with van der Waals surface area (Å²) in [6.45, 7) is 5.18. The van der Waals surface area contributed by atoms with Gasteiger partial charge in [-0.3, -0.25) is 9.36 Å². The van der Waals surface area contributed by atoms with Crippen LogP contribution >= 0.6 is 22.9 Å². The monoisotopic (exact) mass is 286 g/mol. The molecule has 98 valence electrons. The summed E-state index contributed by atoms with van der Waals surface area (Å²) in [5, 5.41) is 2.32. The van der Waals surface area contributed by atoms with Crippen LogP contribution < -0.4 is 10.3 Å². The van der Waals surface area contributed by atoms with E-state index in [-0.39, 0.29) is 5.56 Å². The molecule has 0 aromatic carbocycles. The summed E-state index contributed by atoms with van der Waals surface area (Å²) in [5.74, 6) is 0. The molecule has 0 aliphatic carbocycles. The quantitative estimate of drug-likeness (QED) is 0.847. The van der Waals surface area contributed by atoms with Gasteiger partial charge < -0.3 is 4.74 Å². The van der Waals surface area contributed by atoms with Gasteiger partial charge in [-0.1, -0.05) is 25.4 Å². The predicted octanol–water partition coefficient (Wildman–Crippen LogP) is 3.31. The van der Waals surface area contributed by atoms with E-state index in [1.54, 1.807) is 9.95 Å². The normalized spacial score (nSPS) is 11.1. The van der Waals surface area contributed by atoms with Crippen molar-refractivity contribution in [1.29, 1.82) is 0 Å². The second-order valence-electron chi connectivity index (χ2n) is 3.97. The maximum absolute atomic E-state index is 12.3. The van der Waals surface area contributed by atoms with Gasteiger partial charge in [-0.2, -0.15) is 4.98 Å². The van der Waals surface area contributed by atoms with Gasteiger partial charge in [0.05, 0.1) is 12.0 Å². The van der Waals surface area contributed by atoms with Crippen LogP contribution in [0.5, 0.6) is 6.01 Å². The van der Waals surface area contributed by atoms with E-state index in [2.05, 4.69) is 4.98 Å². The second kappa shape index (κ2) is 5.71. The van der Waals surface area contributed by atoms with Crippen molar-refractivity contribution in [3.05, 3.63) is 20.1 Å². The molecule has 0 spiro atoms. The van der Waals surface area contributed by atoms with Gasteiger partial charge in [0.1, 0.15) is 9.85 Å². The molecule has 0 radical (unpaired) electrons. The fraction of sp³-hybridized carbons (Fsp3) is 0.500. The number of hydrogen-bond donors (Lipinski definition) is 0. The van der Waals surface area contributed by atoms with Crippen LogP contribution in [-0.2, 0) is 6.54 Å². The highest BCUT2D eigenvalue weighted by Crippen LogP contribution is 2.28. The zero-order valence-corrected chi connectivity index (χ0v) is 12.0. The first-order valence-corrected chi connectivity index (χ1v) is 7.25. The molecule has 0 amide bonds. The third kappa shape index (κ3) is 2.37. The molecule has 2 aromatic rings. The number of aromatic nitrogens is 2. The van der Waals surface area contributed by atoms with Crippen LogP contribution in [-0.4, -0.2) is 16.2 Å². The molecule has 0 aliphatic rings. The lowest BCUT2D eigenvalue weighted by atomic mass is 10.3.